The molecule has 0 unspecified atom stereocenters. The molecular formula is C24H23NO3. The minimum Gasteiger partial charge on any atom is -0.467 e. The van der Waals surface area contributed by atoms with E-state index in [0.29, 0.717) is 24.1 Å². The molecule has 3 aromatic rings. The molecule has 1 saturated heterocycles. The molecule has 0 aliphatic carbocycles. The van der Waals surface area contributed by atoms with Crippen LogP contribution < -0.4 is 4.90 Å². The predicted octanol–water partition coefficient (Wildman–Crippen LogP) is 3.85. The second-order valence-corrected chi connectivity index (χ2v) is 7.03. The number of hydrogen-bond donors (Lipinski definition) is 1. The summed E-state index contributed by atoms with van der Waals surface area (Å²) in [4.78, 5) is 15.5. The zero-order chi connectivity index (χ0) is 19.6. The summed E-state index contributed by atoms with van der Waals surface area (Å²) in [6.45, 7) is 0.513. The molecule has 0 amide bonds. The fraction of sp³-hybridized carbons (Fsp3) is 0.208. The number of para-hydroxylation sites is 1. The summed E-state index contributed by atoms with van der Waals surface area (Å²) in [6.07, 6.45) is 0.399. The van der Waals surface area contributed by atoms with Gasteiger partial charge in [-0.05, 0) is 23.3 Å². The smallest absolute Gasteiger partial charge is 0.339 e. The average Bonchev–Trinajstić information content (AvgIpc) is 3.10. The molecule has 1 heterocycles. The van der Waals surface area contributed by atoms with Crippen LogP contribution in [0, 0.1) is 0 Å². The number of ether oxygens (including phenoxy) is 1. The SMILES string of the molecule is COC(=O)[C@@]1(c2ccccc2)N(c2ccccc2)CC[C@]1(O)c1ccccc1. The number of nitrogens with zero attached hydrogens (tertiary/aromatic N) is 1. The highest BCUT2D eigenvalue weighted by Gasteiger charge is 2.66. The van der Waals surface area contributed by atoms with Crippen LogP contribution in [0.5, 0.6) is 0 Å². The van der Waals surface area contributed by atoms with Gasteiger partial charge in [0.2, 0.25) is 0 Å². The van der Waals surface area contributed by atoms with E-state index in [9.17, 15) is 9.90 Å². The van der Waals surface area contributed by atoms with Crippen molar-refractivity contribution in [1.29, 1.82) is 0 Å². The van der Waals surface area contributed by atoms with E-state index >= 15 is 0 Å². The molecule has 4 heteroatoms. The number of benzene rings is 3. The van der Waals surface area contributed by atoms with Gasteiger partial charge in [-0.1, -0.05) is 78.9 Å². The first kappa shape index (κ1) is 18.3. The standard InChI is InChI=1S/C24H23NO3/c1-28-22(26)24(20-13-7-3-8-14-20)23(27,19-11-5-2-6-12-19)17-18-25(24)21-15-9-4-10-16-21/h2-16,27H,17-18H2,1H3/t23-,24+/m0/s1. The fourth-order valence-electron chi connectivity index (χ4n) is 4.46. The lowest BCUT2D eigenvalue weighted by molar-refractivity contribution is -0.158. The third-order valence-corrected chi connectivity index (χ3v) is 5.69. The summed E-state index contributed by atoms with van der Waals surface area (Å²) in [6, 6.07) is 28.5. The number of methoxy groups -OCH3 is 1. The highest BCUT2D eigenvalue weighted by atomic mass is 16.5. The number of carbonyl (C=O) groups is 1. The first-order valence-electron chi connectivity index (χ1n) is 9.39. The van der Waals surface area contributed by atoms with Gasteiger partial charge in [0.25, 0.3) is 0 Å². The van der Waals surface area contributed by atoms with Crippen molar-refractivity contribution in [3.8, 4) is 0 Å². The van der Waals surface area contributed by atoms with Crippen LogP contribution in [0.15, 0.2) is 91.0 Å². The molecule has 4 nitrogen and oxygen atoms in total. The molecule has 0 aromatic heterocycles. The lowest BCUT2D eigenvalue weighted by atomic mass is 9.71. The van der Waals surface area contributed by atoms with Gasteiger partial charge in [-0.3, -0.25) is 0 Å². The molecule has 3 aromatic carbocycles. The largest absolute Gasteiger partial charge is 0.467 e. The number of carbonyl (C=O) groups excluding carboxylic acids is 1. The van der Waals surface area contributed by atoms with Crippen LogP contribution in [0.25, 0.3) is 0 Å². The van der Waals surface area contributed by atoms with Gasteiger partial charge in [-0.2, -0.15) is 0 Å². The van der Waals surface area contributed by atoms with Crippen molar-refractivity contribution >= 4 is 11.7 Å². The highest BCUT2D eigenvalue weighted by Crippen LogP contribution is 2.54. The Morgan fingerprint density at radius 3 is 1.89 bits per heavy atom. The first-order chi connectivity index (χ1) is 13.6. The van der Waals surface area contributed by atoms with E-state index in [1.54, 1.807) is 0 Å². The Morgan fingerprint density at radius 1 is 0.857 bits per heavy atom. The van der Waals surface area contributed by atoms with Crippen molar-refractivity contribution in [2.75, 3.05) is 18.6 Å². The van der Waals surface area contributed by atoms with E-state index in [2.05, 4.69) is 0 Å². The Morgan fingerprint density at radius 2 is 1.36 bits per heavy atom. The fourth-order valence-corrected chi connectivity index (χ4v) is 4.46. The normalized spacial score (nSPS) is 24.1. The maximum atomic E-state index is 13.5. The molecule has 4 rings (SSSR count). The summed E-state index contributed by atoms with van der Waals surface area (Å²) in [7, 11) is 1.37. The molecule has 0 spiro atoms. The van der Waals surface area contributed by atoms with Gasteiger partial charge in [0.15, 0.2) is 5.54 Å². The Balaban J connectivity index is 2.04. The topological polar surface area (TPSA) is 49.8 Å². The molecule has 1 aliphatic rings. The Bertz CT molecular complexity index is 945. The van der Waals surface area contributed by atoms with Crippen LogP contribution in [0.3, 0.4) is 0 Å². The number of aliphatic hydroxyl groups is 1. The van der Waals surface area contributed by atoms with Crippen molar-refractivity contribution < 1.29 is 14.6 Å². The monoisotopic (exact) mass is 373 g/mol. The second kappa shape index (κ2) is 7.13. The molecule has 142 valence electrons. The van der Waals surface area contributed by atoms with Gasteiger partial charge in [-0.15, -0.1) is 0 Å². The van der Waals surface area contributed by atoms with Gasteiger partial charge < -0.3 is 14.7 Å². The molecule has 0 saturated carbocycles. The van der Waals surface area contributed by atoms with Crippen molar-refractivity contribution in [2.45, 2.75) is 17.6 Å². The summed E-state index contributed by atoms with van der Waals surface area (Å²) in [5.74, 6) is -0.480. The van der Waals surface area contributed by atoms with E-state index in [4.69, 9.17) is 4.74 Å². The minimum atomic E-state index is -1.45. The molecule has 1 N–H and O–H groups in total. The lowest BCUT2D eigenvalue weighted by Gasteiger charge is -2.45. The van der Waals surface area contributed by atoms with E-state index in [0.717, 1.165) is 5.69 Å². The third-order valence-electron chi connectivity index (χ3n) is 5.69. The van der Waals surface area contributed by atoms with Crippen LogP contribution in [-0.2, 0) is 20.7 Å². The summed E-state index contributed by atoms with van der Waals surface area (Å²) in [5.41, 5.74) is -0.578. The zero-order valence-corrected chi connectivity index (χ0v) is 15.8. The average molecular weight is 373 g/mol. The minimum absolute atomic E-state index is 0.399. The predicted molar refractivity (Wildman–Crippen MR) is 109 cm³/mol. The van der Waals surface area contributed by atoms with E-state index < -0.39 is 17.1 Å². The Labute approximate surface area is 165 Å². The van der Waals surface area contributed by atoms with Crippen molar-refractivity contribution in [3.05, 3.63) is 102 Å². The number of rotatable bonds is 4. The zero-order valence-electron chi connectivity index (χ0n) is 15.8. The Hall–Kier alpha value is -3.11. The molecule has 1 fully saturated rings. The van der Waals surface area contributed by atoms with E-state index in [1.165, 1.54) is 7.11 Å². The number of esters is 1. The number of anilines is 1. The summed E-state index contributed by atoms with van der Waals surface area (Å²) < 4.78 is 5.32. The van der Waals surface area contributed by atoms with Crippen LogP contribution in [0.4, 0.5) is 5.69 Å². The number of hydrogen-bond acceptors (Lipinski definition) is 4. The maximum Gasteiger partial charge on any atom is 0.339 e. The Kier molecular flexibility index (Phi) is 4.65. The molecule has 2 atom stereocenters. The quantitative estimate of drug-likeness (QED) is 0.706. The molecule has 0 radical (unpaired) electrons. The van der Waals surface area contributed by atoms with Crippen LogP contribution >= 0.6 is 0 Å². The molecular weight excluding hydrogens is 350 g/mol. The van der Waals surface area contributed by atoms with Gasteiger partial charge >= 0.3 is 5.97 Å². The van der Waals surface area contributed by atoms with Gasteiger partial charge in [0, 0.05) is 18.7 Å². The third kappa shape index (κ3) is 2.53. The lowest BCUT2D eigenvalue weighted by Crippen LogP contribution is -2.59. The van der Waals surface area contributed by atoms with Crippen LogP contribution in [0.2, 0.25) is 0 Å². The van der Waals surface area contributed by atoms with Crippen molar-refractivity contribution in [2.24, 2.45) is 0 Å². The first-order valence-corrected chi connectivity index (χ1v) is 9.39. The maximum absolute atomic E-state index is 13.5. The molecule has 0 bridgehead atoms. The van der Waals surface area contributed by atoms with Crippen LogP contribution in [0.1, 0.15) is 17.5 Å². The van der Waals surface area contributed by atoms with Gasteiger partial charge in [0.1, 0.15) is 5.60 Å². The van der Waals surface area contributed by atoms with E-state index in [-0.39, 0.29) is 0 Å². The van der Waals surface area contributed by atoms with Crippen molar-refractivity contribution in [1.82, 2.24) is 0 Å². The second-order valence-electron chi connectivity index (χ2n) is 7.03. The van der Waals surface area contributed by atoms with E-state index in [1.807, 2.05) is 95.9 Å². The highest BCUT2D eigenvalue weighted by molar-refractivity contribution is 5.90. The van der Waals surface area contributed by atoms with Crippen molar-refractivity contribution in [3.63, 3.8) is 0 Å². The van der Waals surface area contributed by atoms with Crippen LogP contribution in [-0.4, -0.2) is 24.7 Å². The molecule has 28 heavy (non-hydrogen) atoms. The summed E-state index contributed by atoms with van der Waals surface area (Å²) in [5, 5.41) is 12.1. The van der Waals surface area contributed by atoms with Gasteiger partial charge in [0.05, 0.1) is 7.11 Å². The summed E-state index contributed by atoms with van der Waals surface area (Å²) >= 11 is 0. The van der Waals surface area contributed by atoms with Gasteiger partial charge in [-0.25, -0.2) is 4.79 Å². The molecule has 1 aliphatic heterocycles.